The summed E-state index contributed by atoms with van der Waals surface area (Å²) in [7, 11) is 0. The lowest BCUT2D eigenvalue weighted by atomic mass is 9.44. The fourth-order valence-corrected chi connectivity index (χ4v) is 8.87. The van der Waals surface area contributed by atoms with E-state index in [-0.39, 0.29) is 41.2 Å². The van der Waals surface area contributed by atoms with Crippen molar-refractivity contribution in [3.8, 4) is 0 Å². The van der Waals surface area contributed by atoms with E-state index in [0.717, 1.165) is 43.3 Å². The highest BCUT2D eigenvalue weighted by molar-refractivity contribution is 5.98. The first-order chi connectivity index (χ1) is 15.6. The SMILES string of the molecule is CC1=C(C)C(=O)OC([C@@H](C)C2=CC[C@H]3[C@@H]4C[C@H]5O[C@]56[C@@H](O)C=CC(=O)[C@]6(C)[C@H]4CC[C@]23C)C1. The molecule has 0 bridgehead atoms. The third kappa shape index (κ3) is 2.51. The highest BCUT2D eigenvalue weighted by atomic mass is 16.6. The van der Waals surface area contributed by atoms with Gasteiger partial charge in [-0.2, -0.15) is 0 Å². The Labute approximate surface area is 196 Å². The van der Waals surface area contributed by atoms with Gasteiger partial charge in [-0.25, -0.2) is 4.79 Å². The summed E-state index contributed by atoms with van der Waals surface area (Å²) in [6, 6.07) is 0. The molecule has 1 unspecified atom stereocenters. The molecule has 178 valence electrons. The number of hydrogen-bond donors (Lipinski definition) is 1. The second-order valence-corrected chi connectivity index (χ2v) is 12.1. The molecular formula is C28H36O5. The van der Waals surface area contributed by atoms with Crippen LogP contribution in [0.5, 0.6) is 0 Å². The lowest BCUT2D eigenvalue weighted by Gasteiger charge is -2.57. The molecule has 0 radical (unpaired) electrons. The summed E-state index contributed by atoms with van der Waals surface area (Å²) in [5.41, 5.74) is 2.01. The second kappa shape index (κ2) is 6.69. The lowest BCUT2D eigenvalue weighted by Crippen LogP contribution is -2.63. The number of fused-ring (bicyclic) bond motifs is 4. The minimum absolute atomic E-state index is 0.0356. The van der Waals surface area contributed by atoms with E-state index in [4.69, 9.17) is 9.47 Å². The van der Waals surface area contributed by atoms with Crippen molar-refractivity contribution in [2.24, 2.45) is 34.5 Å². The van der Waals surface area contributed by atoms with Gasteiger partial charge in [0.1, 0.15) is 17.8 Å². The molecule has 0 amide bonds. The number of epoxide rings is 1. The molecule has 1 spiro atoms. The quantitative estimate of drug-likeness (QED) is 0.384. The molecule has 6 rings (SSSR count). The van der Waals surface area contributed by atoms with Crippen molar-refractivity contribution < 1.29 is 24.2 Å². The largest absolute Gasteiger partial charge is 0.458 e. The van der Waals surface area contributed by atoms with Crippen molar-refractivity contribution >= 4 is 11.8 Å². The highest BCUT2D eigenvalue weighted by Gasteiger charge is 2.80. The maximum atomic E-state index is 13.3. The number of allylic oxidation sites excluding steroid dienone is 2. The Morgan fingerprint density at radius 3 is 2.67 bits per heavy atom. The van der Waals surface area contributed by atoms with Crippen molar-refractivity contribution in [2.75, 3.05) is 0 Å². The van der Waals surface area contributed by atoms with Crippen LogP contribution in [0.4, 0.5) is 0 Å². The van der Waals surface area contributed by atoms with Gasteiger partial charge in [-0.05, 0) is 81.8 Å². The zero-order valence-corrected chi connectivity index (χ0v) is 20.4. The van der Waals surface area contributed by atoms with Crippen LogP contribution in [0.15, 0.2) is 34.9 Å². The highest BCUT2D eigenvalue weighted by Crippen LogP contribution is 2.72. The van der Waals surface area contributed by atoms with Gasteiger partial charge >= 0.3 is 5.97 Å². The maximum absolute atomic E-state index is 13.3. The Hall–Kier alpha value is -1.72. The molecule has 10 atom stereocenters. The van der Waals surface area contributed by atoms with Crippen molar-refractivity contribution in [1.29, 1.82) is 0 Å². The van der Waals surface area contributed by atoms with Gasteiger partial charge in [0.15, 0.2) is 5.78 Å². The summed E-state index contributed by atoms with van der Waals surface area (Å²) in [6.45, 7) is 10.6. The first kappa shape index (κ1) is 21.8. The van der Waals surface area contributed by atoms with Gasteiger partial charge in [-0.15, -0.1) is 0 Å². The van der Waals surface area contributed by atoms with Crippen LogP contribution < -0.4 is 0 Å². The molecule has 5 heteroatoms. The van der Waals surface area contributed by atoms with Crippen LogP contribution in [0.25, 0.3) is 0 Å². The smallest absolute Gasteiger partial charge is 0.333 e. The van der Waals surface area contributed by atoms with Gasteiger partial charge in [0.2, 0.25) is 0 Å². The maximum Gasteiger partial charge on any atom is 0.333 e. The summed E-state index contributed by atoms with van der Waals surface area (Å²) in [5, 5.41) is 10.8. The molecular weight excluding hydrogens is 416 g/mol. The Bertz CT molecular complexity index is 1040. The van der Waals surface area contributed by atoms with E-state index in [1.807, 2.05) is 13.8 Å². The number of ketones is 1. The van der Waals surface area contributed by atoms with E-state index in [9.17, 15) is 14.7 Å². The first-order valence-electron chi connectivity index (χ1n) is 12.7. The average molecular weight is 453 g/mol. The molecule has 0 aromatic heterocycles. The molecule has 3 fully saturated rings. The topological polar surface area (TPSA) is 76.1 Å². The summed E-state index contributed by atoms with van der Waals surface area (Å²) >= 11 is 0. The monoisotopic (exact) mass is 452 g/mol. The van der Waals surface area contributed by atoms with Gasteiger partial charge in [-0.1, -0.05) is 31.1 Å². The van der Waals surface area contributed by atoms with Crippen molar-refractivity contribution in [3.63, 3.8) is 0 Å². The lowest BCUT2D eigenvalue weighted by molar-refractivity contribution is -0.149. The minimum Gasteiger partial charge on any atom is -0.458 e. The van der Waals surface area contributed by atoms with Gasteiger partial charge < -0.3 is 14.6 Å². The van der Waals surface area contributed by atoms with Crippen molar-refractivity contribution in [2.45, 2.75) is 90.6 Å². The summed E-state index contributed by atoms with van der Waals surface area (Å²) in [4.78, 5) is 25.7. The molecule has 6 aliphatic rings. The molecule has 2 heterocycles. The predicted octanol–water partition coefficient (Wildman–Crippen LogP) is 4.30. The number of ether oxygens (including phenoxy) is 2. The average Bonchev–Trinajstić information content (AvgIpc) is 3.41. The molecule has 0 aromatic carbocycles. The van der Waals surface area contributed by atoms with Crippen LogP contribution in [-0.4, -0.2) is 40.8 Å². The van der Waals surface area contributed by atoms with Gasteiger partial charge in [-0.3, -0.25) is 4.79 Å². The van der Waals surface area contributed by atoms with Gasteiger partial charge in [0.25, 0.3) is 0 Å². The van der Waals surface area contributed by atoms with Crippen LogP contribution in [0.3, 0.4) is 0 Å². The minimum atomic E-state index is -0.714. The van der Waals surface area contributed by atoms with Crippen LogP contribution in [-0.2, 0) is 19.1 Å². The third-order valence-electron chi connectivity index (χ3n) is 11.0. The van der Waals surface area contributed by atoms with Gasteiger partial charge in [0.05, 0.1) is 11.5 Å². The Kier molecular flexibility index (Phi) is 4.42. The van der Waals surface area contributed by atoms with Crippen LogP contribution in [0.2, 0.25) is 0 Å². The molecule has 33 heavy (non-hydrogen) atoms. The van der Waals surface area contributed by atoms with E-state index in [0.29, 0.717) is 11.8 Å². The first-order valence-corrected chi connectivity index (χ1v) is 12.7. The van der Waals surface area contributed by atoms with E-state index in [1.54, 1.807) is 12.2 Å². The number of aliphatic hydroxyl groups excluding tert-OH is 1. The predicted molar refractivity (Wildman–Crippen MR) is 123 cm³/mol. The van der Waals surface area contributed by atoms with Gasteiger partial charge in [0, 0.05) is 17.9 Å². The van der Waals surface area contributed by atoms with Crippen LogP contribution in [0.1, 0.15) is 66.7 Å². The molecule has 0 aromatic rings. The van der Waals surface area contributed by atoms with E-state index < -0.39 is 17.1 Å². The van der Waals surface area contributed by atoms with E-state index in [1.165, 1.54) is 5.57 Å². The van der Waals surface area contributed by atoms with Crippen LogP contribution >= 0.6 is 0 Å². The second-order valence-electron chi connectivity index (χ2n) is 12.1. The third-order valence-corrected chi connectivity index (χ3v) is 11.0. The summed E-state index contributed by atoms with van der Waals surface area (Å²) in [6.07, 6.45) is 9.53. The number of rotatable bonds is 2. The van der Waals surface area contributed by atoms with E-state index >= 15 is 0 Å². The number of carbonyl (C=O) groups excluding carboxylic acids is 2. The molecule has 2 saturated carbocycles. The molecule has 5 nitrogen and oxygen atoms in total. The van der Waals surface area contributed by atoms with Crippen molar-refractivity contribution in [3.05, 3.63) is 34.9 Å². The summed E-state index contributed by atoms with van der Waals surface area (Å²) < 4.78 is 12.1. The van der Waals surface area contributed by atoms with Crippen LogP contribution in [0, 0.1) is 34.5 Å². The Morgan fingerprint density at radius 2 is 1.94 bits per heavy atom. The summed E-state index contributed by atoms with van der Waals surface area (Å²) in [5.74, 6) is 1.21. The normalized spacial score (nSPS) is 51.2. The number of carbonyl (C=O) groups is 2. The fourth-order valence-electron chi connectivity index (χ4n) is 8.87. The number of aliphatic hydroxyl groups is 1. The van der Waals surface area contributed by atoms with E-state index in [2.05, 4.69) is 26.8 Å². The zero-order valence-electron chi connectivity index (χ0n) is 20.4. The van der Waals surface area contributed by atoms with Crippen molar-refractivity contribution in [1.82, 2.24) is 0 Å². The molecule has 4 aliphatic carbocycles. The Balaban J connectivity index is 1.29. The molecule has 1 saturated heterocycles. The Morgan fingerprint density at radius 1 is 1.18 bits per heavy atom. The molecule has 1 N–H and O–H groups in total. The standard InChI is InChI=1S/C28H36O5/c1-14-12-21(32-25(31)15(14)2)16(3)18-6-7-19-17-13-24-28(33-24)23(30)9-8-22(29)27(28,5)20(17)10-11-26(18,19)4/h6,8-9,16-17,19-21,23-24,30H,7,10-13H2,1-5H3/t16-,17-,19-,20-,21?,23-,24+,26+,27-,28+/m0/s1. The number of cyclic esters (lactones) is 1. The number of hydrogen-bond acceptors (Lipinski definition) is 5. The molecule has 2 aliphatic heterocycles. The fraction of sp³-hybridized carbons (Fsp3) is 0.714. The number of esters is 1. The zero-order chi connectivity index (χ0) is 23.5.